The predicted octanol–water partition coefficient (Wildman–Crippen LogP) is 2.33. The number of carbonyl (C=O) groups is 1. The van der Waals surface area contributed by atoms with E-state index in [-0.39, 0.29) is 27.8 Å². The molecule has 2 heterocycles. The number of likely N-dealkylation sites (N-methyl/N-ethyl adjacent to an activating group) is 1. The molecule has 0 atom stereocenters. The first kappa shape index (κ1) is 14.9. The highest BCUT2D eigenvalue weighted by Crippen LogP contribution is 2.44. The minimum absolute atomic E-state index is 0.0288. The summed E-state index contributed by atoms with van der Waals surface area (Å²) in [6, 6.07) is 6.96. The van der Waals surface area contributed by atoms with Crippen LogP contribution in [0.25, 0.3) is 15.8 Å². The van der Waals surface area contributed by atoms with Crippen LogP contribution in [0.1, 0.15) is 11.8 Å². The van der Waals surface area contributed by atoms with Crippen molar-refractivity contribution in [1.82, 2.24) is 4.31 Å². The summed E-state index contributed by atoms with van der Waals surface area (Å²) < 4.78 is 31.8. The number of sulfonamides is 1. The molecular weight excluding hydrogens is 326 g/mol. The Kier molecular flexibility index (Phi) is 3.37. The van der Waals surface area contributed by atoms with Gasteiger partial charge in [-0.25, -0.2) is 13.2 Å². The van der Waals surface area contributed by atoms with Gasteiger partial charge >= 0.3 is 5.97 Å². The number of aliphatic hydroxyl groups excluding tert-OH is 1. The largest absolute Gasteiger partial charge is 0.504 e. The Morgan fingerprint density at radius 3 is 2.73 bits per heavy atom. The van der Waals surface area contributed by atoms with Gasteiger partial charge in [-0.15, -0.1) is 11.3 Å². The molecule has 0 saturated heterocycles. The Bertz CT molecular complexity index is 910. The van der Waals surface area contributed by atoms with E-state index < -0.39 is 16.0 Å². The van der Waals surface area contributed by atoms with Crippen LogP contribution in [0, 0.1) is 0 Å². The zero-order valence-corrected chi connectivity index (χ0v) is 13.5. The number of thiophene rings is 1. The minimum Gasteiger partial charge on any atom is -0.504 e. The summed E-state index contributed by atoms with van der Waals surface area (Å²) in [4.78, 5) is 12.2. The number of hydrogen-bond acceptors (Lipinski definition) is 6. The summed E-state index contributed by atoms with van der Waals surface area (Å²) in [6.07, 6.45) is 0. The van der Waals surface area contributed by atoms with Gasteiger partial charge in [-0.1, -0.05) is 18.2 Å². The summed E-state index contributed by atoms with van der Waals surface area (Å²) in [5.74, 6) is -1.24. The van der Waals surface area contributed by atoms with Gasteiger partial charge in [0.05, 0.1) is 11.5 Å². The molecule has 0 aliphatic carbocycles. The molecule has 0 fully saturated rings. The second-order valence-corrected chi connectivity index (χ2v) is 7.60. The smallest absolute Gasteiger partial charge is 0.359 e. The first-order chi connectivity index (χ1) is 10.4. The lowest BCUT2D eigenvalue weighted by molar-refractivity contribution is -0.139. The fourth-order valence-electron chi connectivity index (χ4n) is 2.37. The van der Waals surface area contributed by atoms with Crippen LogP contribution >= 0.6 is 11.3 Å². The van der Waals surface area contributed by atoms with E-state index in [9.17, 15) is 18.3 Å². The fraction of sp³-hybridized carbons (Fsp3) is 0.214. The molecule has 6 nitrogen and oxygen atoms in total. The standard InChI is InChI=1S/C14H13NO5S2/c1-3-20-14(17)10-11(16)12-13(22(18,19)15(10)2)8-6-4-5-7-9(8)21-12/h4-7,16H,3H2,1-2H3. The van der Waals surface area contributed by atoms with Gasteiger partial charge in [0.25, 0.3) is 10.0 Å². The topological polar surface area (TPSA) is 83.9 Å². The molecule has 0 saturated carbocycles. The molecule has 2 aromatic rings. The van der Waals surface area contributed by atoms with Crippen molar-refractivity contribution >= 4 is 43.2 Å². The number of hydrogen-bond donors (Lipinski definition) is 1. The summed E-state index contributed by atoms with van der Waals surface area (Å²) in [5, 5.41) is 10.9. The number of aliphatic hydroxyl groups is 1. The maximum absolute atomic E-state index is 12.7. The van der Waals surface area contributed by atoms with Crippen LogP contribution < -0.4 is 0 Å². The highest BCUT2D eigenvalue weighted by molar-refractivity contribution is 7.89. The van der Waals surface area contributed by atoms with Crippen molar-refractivity contribution < 1.29 is 23.1 Å². The molecule has 116 valence electrons. The van der Waals surface area contributed by atoms with Crippen molar-refractivity contribution in [3.05, 3.63) is 34.8 Å². The number of carbonyl (C=O) groups excluding carboxylic acids is 1. The van der Waals surface area contributed by atoms with Crippen molar-refractivity contribution in [3.8, 4) is 0 Å². The number of nitrogens with zero attached hydrogens (tertiary/aromatic N) is 1. The number of esters is 1. The van der Waals surface area contributed by atoms with Gasteiger partial charge in [-0.05, 0) is 13.0 Å². The van der Waals surface area contributed by atoms with Gasteiger partial charge in [-0.3, -0.25) is 4.31 Å². The molecule has 1 aliphatic rings. The van der Waals surface area contributed by atoms with Crippen molar-refractivity contribution in [1.29, 1.82) is 0 Å². The average Bonchev–Trinajstić information content (AvgIpc) is 2.86. The maximum Gasteiger partial charge on any atom is 0.359 e. The number of benzene rings is 1. The Labute approximate surface area is 131 Å². The Morgan fingerprint density at radius 2 is 2.05 bits per heavy atom. The summed E-state index contributed by atoms with van der Waals surface area (Å²) in [7, 11) is -2.70. The van der Waals surface area contributed by atoms with Gasteiger partial charge in [-0.2, -0.15) is 0 Å². The fourth-order valence-corrected chi connectivity index (χ4v) is 5.38. The minimum atomic E-state index is -3.92. The van der Waals surface area contributed by atoms with Gasteiger partial charge in [0.1, 0.15) is 4.90 Å². The molecule has 0 spiro atoms. The SMILES string of the molecule is CCOC(=O)C1=C(O)c2sc3ccccc3c2S(=O)(=O)N1C. The number of rotatable bonds is 2. The normalized spacial score (nSPS) is 16.7. The molecule has 0 radical (unpaired) electrons. The lowest BCUT2D eigenvalue weighted by atomic mass is 10.2. The monoisotopic (exact) mass is 339 g/mol. The van der Waals surface area contributed by atoms with Crippen LogP contribution in [0.2, 0.25) is 0 Å². The number of fused-ring (bicyclic) bond motifs is 3. The van der Waals surface area contributed by atoms with Crippen molar-refractivity contribution in [2.75, 3.05) is 13.7 Å². The quantitative estimate of drug-likeness (QED) is 0.849. The Balaban J connectivity index is 2.37. The van der Waals surface area contributed by atoms with Crippen LogP contribution in [0.15, 0.2) is 34.9 Å². The van der Waals surface area contributed by atoms with E-state index in [4.69, 9.17) is 4.74 Å². The molecule has 1 aromatic carbocycles. The van der Waals surface area contributed by atoms with Crippen LogP contribution in [0.4, 0.5) is 0 Å². The second kappa shape index (κ2) is 4.99. The second-order valence-electron chi connectivity index (χ2n) is 4.65. The van der Waals surface area contributed by atoms with Crippen molar-refractivity contribution in [2.45, 2.75) is 11.8 Å². The van der Waals surface area contributed by atoms with Crippen LogP contribution in [-0.4, -0.2) is 37.5 Å². The Morgan fingerprint density at radius 1 is 1.36 bits per heavy atom. The molecule has 0 bridgehead atoms. The van der Waals surface area contributed by atoms with E-state index in [1.165, 1.54) is 7.05 Å². The molecule has 8 heteroatoms. The van der Waals surface area contributed by atoms with Crippen LogP contribution in [0.5, 0.6) is 0 Å². The highest BCUT2D eigenvalue weighted by atomic mass is 32.2. The van der Waals surface area contributed by atoms with Gasteiger partial charge in [0.2, 0.25) is 0 Å². The lowest BCUT2D eigenvalue weighted by Crippen LogP contribution is -2.35. The Hall–Kier alpha value is -2.06. The van der Waals surface area contributed by atoms with Crippen molar-refractivity contribution in [3.63, 3.8) is 0 Å². The maximum atomic E-state index is 12.7. The van der Waals surface area contributed by atoms with Crippen molar-refractivity contribution in [2.24, 2.45) is 0 Å². The summed E-state index contributed by atoms with van der Waals surface area (Å²) in [6.45, 7) is 1.69. The average molecular weight is 339 g/mol. The molecule has 0 unspecified atom stereocenters. The van der Waals surface area contributed by atoms with E-state index in [1.54, 1.807) is 31.2 Å². The third-order valence-corrected chi connectivity index (χ3v) is 6.54. The van der Waals surface area contributed by atoms with E-state index in [0.717, 1.165) is 20.3 Å². The first-order valence-corrected chi connectivity index (χ1v) is 8.76. The molecule has 0 amide bonds. The predicted molar refractivity (Wildman–Crippen MR) is 83.0 cm³/mol. The van der Waals surface area contributed by atoms with E-state index in [2.05, 4.69) is 0 Å². The zero-order chi connectivity index (χ0) is 16.1. The zero-order valence-electron chi connectivity index (χ0n) is 11.9. The van der Waals surface area contributed by atoms with Crippen LogP contribution in [-0.2, 0) is 19.6 Å². The number of ether oxygens (including phenoxy) is 1. The van der Waals surface area contributed by atoms with Crippen LogP contribution in [0.3, 0.4) is 0 Å². The van der Waals surface area contributed by atoms with E-state index in [1.807, 2.05) is 0 Å². The van der Waals surface area contributed by atoms with Gasteiger partial charge in [0, 0.05) is 17.1 Å². The highest BCUT2D eigenvalue weighted by Gasteiger charge is 2.41. The third kappa shape index (κ3) is 1.91. The molecule has 22 heavy (non-hydrogen) atoms. The van der Waals surface area contributed by atoms with Gasteiger partial charge in [0.15, 0.2) is 11.5 Å². The van der Waals surface area contributed by atoms with Gasteiger partial charge < -0.3 is 9.84 Å². The molecule has 1 aromatic heterocycles. The summed E-state index contributed by atoms with van der Waals surface area (Å²) in [5.41, 5.74) is -0.360. The van der Waals surface area contributed by atoms with E-state index >= 15 is 0 Å². The first-order valence-electron chi connectivity index (χ1n) is 6.50. The third-order valence-electron chi connectivity index (χ3n) is 3.39. The van der Waals surface area contributed by atoms with E-state index in [0.29, 0.717) is 5.39 Å². The molecule has 1 aliphatic heterocycles. The molecular formula is C14H13NO5S2. The molecule has 1 N–H and O–H groups in total. The lowest BCUT2D eigenvalue weighted by Gasteiger charge is -2.26. The molecule has 3 rings (SSSR count). The summed E-state index contributed by atoms with van der Waals surface area (Å²) >= 11 is 1.13.